The molecule has 3 rings (SSSR count). The summed E-state index contributed by atoms with van der Waals surface area (Å²) in [6.45, 7) is 1.22. The Kier molecular flexibility index (Phi) is 8.48. The van der Waals surface area contributed by atoms with Crippen molar-refractivity contribution in [1.29, 1.82) is 4.78 Å². The number of alkyl halides is 1. The maximum atomic E-state index is 15.4. The smallest absolute Gasteiger partial charge is 0.258 e. The molecule has 0 radical (unpaired) electrons. The van der Waals surface area contributed by atoms with Gasteiger partial charge in [-0.15, -0.1) is 0 Å². The Morgan fingerprint density at radius 2 is 1.83 bits per heavy atom. The fraction of sp³-hybridized carbons (Fsp3) is 0.348. The first-order valence-electron chi connectivity index (χ1n) is 10.7. The molecule has 1 saturated heterocycles. The van der Waals surface area contributed by atoms with Crippen molar-refractivity contribution < 1.29 is 21.8 Å². The molecule has 2 aromatic carbocycles. The minimum absolute atomic E-state index is 0.0434. The zero-order valence-electron chi connectivity index (χ0n) is 19.1. The average Bonchev–Trinajstić information content (AvgIpc) is 2.77. The summed E-state index contributed by atoms with van der Waals surface area (Å²) < 4.78 is 63.2. The van der Waals surface area contributed by atoms with Crippen LogP contribution in [-0.4, -0.2) is 53.9 Å². The first-order valence-corrected chi connectivity index (χ1v) is 15.3. The second-order valence-electron chi connectivity index (χ2n) is 8.48. The maximum absolute atomic E-state index is 15.4. The van der Waals surface area contributed by atoms with Crippen LogP contribution in [0.4, 0.5) is 4.39 Å². The van der Waals surface area contributed by atoms with E-state index in [-0.39, 0.29) is 30.8 Å². The summed E-state index contributed by atoms with van der Waals surface area (Å²) in [6.07, 6.45) is 1.98. The second kappa shape index (κ2) is 10.7. The van der Waals surface area contributed by atoms with E-state index >= 15 is 4.39 Å². The van der Waals surface area contributed by atoms with E-state index < -0.39 is 37.4 Å². The van der Waals surface area contributed by atoms with Gasteiger partial charge in [0.1, 0.15) is 0 Å². The molecule has 1 unspecified atom stereocenters. The van der Waals surface area contributed by atoms with Crippen molar-refractivity contribution in [3.63, 3.8) is 0 Å². The normalized spacial score (nSPS) is 19.2. The van der Waals surface area contributed by atoms with E-state index in [1.54, 1.807) is 43.3 Å². The summed E-state index contributed by atoms with van der Waals surface area (Å²) in [6, 6.07) is 11.0. The van der Waals surface area contributed by atoms with Gasteiger partial charge in [-0.2, -0.15) is 4.31 Å². The molecular formula is C23H26BrClFN3O4S2. The van der Waals surface area contributed by atoms with Gasteiger partial charge >= 0.3 is 0 Å². The first-order chi connectivity index (χ1) is 16.2. The van der Waals surface area contributed by atoms with Crippen LogP contribution in [0.25, 0.3) is 11.1 Å². The Hall–Kier alpha value is -1.79. The Labute approximate surface area is 218 Å². The molecule has 2 N–H and O–H groups in total. The molecule has 1 fully saturated rings. The summed E-state index contributed by atoms with van der Waals surface area (Å²) in [5.74, 6) is -0.861. The van der Waals surface area contributed by atoms with E-state index in [1.165, 1.54) is 22.7 Å². The van der Waals surface area contributed by atoms with E-state index in [2.05, 4.69) is 21.2 Å². The zero-order chi connectivity index (χ0) is 26.0. The van der Waals surface area contributed by atoms with Crippen molar-refractivity contribution in [2.75, 3.05) is 19.3 Å². The van der Waals surface area contributed by atoms with Crippen LogP contribution in [0.2, 0.25) is 5.02 Å². The molecule has 7 nitrogen and oxygen atoms in total. The lowest BCUT2D eigenvalue weighted by atomic mass is 9.93. The van der Waals surface area contributed by atoms with Crippen LogP contribution in [0.1, 0.15) is 19.8 Å². The third kappa shape index (κ3) is 6.71. The fourth-order valence-electron chi connectivity index (χ4n) is 3.72. The van der Waals surface area contributed by atoms with Crippen LogP contribution >= 0.6 is 27.5 Å². The van der Waals surface area contributed by atoms with E-state index in [4.69, 9.17) is 16.4 Å². The number of sulfonamides is 1. The number of hydrogen-bond donors (Lipinski definition) is 2. The highest BCUT2D eigenvalue weighted by Gasteiger charge is 2.44. The second-order valence-corrected chi connectivity index (χ2v) is 13.8. The topological polar surface area (TPSA) is 107 Å². The van der Waals surface area contributed by atoms with Crippen molar-refractivity contribution in [3.05, 3.63) is 63.4 Å². The Morgan fingerprint density at radius 3 is 2.43 bits per heavy atom. The zero-order valence-corrected chi connectivity index (χ0v) is 23.1. The number of piperidine rings is 1. The molecular weight excluding hydrogens is 581 g/mol. The Morgan fingerprint density at radius 1 is 1.20 bits per heavy atom. The number of rotatable bonds is 7. The molecule has 0 saturated carbocycles. The van der Waals surface area contributed by atoms with Crippen LogP contribution in [0, 0.1) is 4.78 Å². The number of carbonyl (C=O) groups excluding carboxylic acids is 1. The molecule has 0 aliphatic carbocycles. The van der Waals surface area contributed by atoms with Gasteiger partial charge in [-0.1, -0.05) is 51.8 Å². The molecule has 2 atom stereocenters. The fourth-order valence-corrected chi connectivity index (χ4v) is 6.48. The van der Waals surface area contributed by atoms with E-state index in [1.807, 2.05) is 0 Å². The molecule has 2 aromatic rings. The molecule has 0 bridgehead atoms. The van der Waals surface area contributed by atoms with Gasteiger partial charge in [-0.05, 0) is 31.2 Å². The number of carbonyl (C=O) groups is 1. The molecule has 1 aliphatic heterocycles. The van der Waals surface area contributed by atoms with Crippen molar-refractivity contribution in [2.24, 2.45) is 0 Å². The number of halogens is 3. The minimum Gasteiger partial charge on any atom is -0.347 e. The van der Waals surface area contributed by atoms with Gasteiger partial charge < -0.3 is 5.32 Å². The molecule has 1 aliphatic rings. The highest BCUT2D eigenvalue weighted by molar-refractivity contribution is 9.10. The molecule has 1 amide bonds. The van der Waals surface area contributed by atoms with Crippen LogP contribution in [-0.2, 0) is 24.5 Å². The number of amides is 1. The van der Waals surface area contributed by atoms with Crippen LogP contribution < -0.4 is 5.32 Å². The van der Waals surface area contributed by atoms with Crippen LogP contribution in [0.5, 0.6) is 0 Å². The van der Waals surface area contributed by atoms with E-state index in [0.717, 1.165) is 5.41 Å². The summed E-state index contributed by atoms with van der Waals surface area (Å²) >= 11 is 9.71. The summed E-state index contributed by atoms with van der Waals surface area (Å²) in [4.78, 5) is 12.6. The molecule has 190 valence electrons. The Bertz CT molecular complexity index is 1360. The lowest BCUT2D eigenvalue weighted by Crippen LogP contribution is -2.53. The molecule has 1 heterocycles. The largest absolute Gasteiger partial charge is 0.347 e. The van der Waals surface area contributed by atoms with Crippen molar-refractivity contribution in [3.8, 4) is 11.1 Å². The first kappa shape index (κ1) is 27.8. The maximum Gasteiger partial charge on any atom is 0.258 e. The number of hydrogen-bond acceptors (Lipinski definition) is 5. The minimum atomic E-state index is -4.01. The molecule has 0 spiro atoms. The molecule has 12 heteroatoms. The van der Waals surface area contributed by atoms with Crippen molar-refractivity contribution >= 4 is 53.2 Å². The lowest BCUT2D eigenvalue weighted by Gasteiger charge is -2.35. The van der Waals surface area contributed by atoms with Crippen LogP contribution in [0.15, 0.2) is 63.3 Å². The lowest BCUT2D eigenvalue weighted by molar-refractivity contribution is -0.135. The SMILES string of the molecule is C[C@H](/C=C\S(C)(=N)=O)NC(=O)C1(F)CCN(S(=O)(=O)c2ccc(Br)cc2-c2ccccc2Cl)CC1. The number of nitrogens with one attached hydrogen (secondary N) is 2. The summed E-state index contributed by atoms with van der Waals surface area (Å²) in [5.41, 5.74) is -1.27. The van der Waals surface area contributed by atoms with Gasteiger partial charge in [0, 0.05) is 64.3 Å². The average molecular weight is 607 g/mol. The Balaban J connectivity index is 1.79. The van der Waals surface area contributed by atoms with Crippen LogP contribution in [0.3, 0.4) is 0 Å². The molecule has 35 heavy (non-hydrogen) atoms. The van der Waals surface area contributed by atoms with E-state index in [9.17, 15) is 17.4 Å². The van der Waals surface area contributed by atoms with E-state index in [0.29, 0.717) is 20.6 Å². The third-order valence-corrected chi connectivity index (χ3v) is 9.09. The van der Waals surface area contributed by atoms with Crippen molar-refractivity contribution in [2.45, 2.75) is 36.4 Å². The van der Waals surface area contributed by atoms with Gasteiger partial charge in [0.05, 0.1) is 14.6 Å². The van der Waals surface area contributed by atoms with Gasteiger partial charge in [0.25, 0.3) is 5.91 Å². The number of nitrogens with zero attached hydrogens (tertiary/aromatic N) is 1. The number of benzene rings is 2. The standard InChI is InChI=1S/C23H26BrClFN3O4S2/c1-16(9-14-34(2,27)31)28-22(30)23(26)10-12-29(13-11-23)35(32,33)21-8-7-17(24)15-19(21)18-5-3-4-6-20(18)25/h3-9,14-16,27H,10-13H2,1-2H3,(H,28,30)/b14-9-/t16-,34?/m1/s1. The summed E-state index contributed by atoms with van der Waals surface area (Å²) in [7, 11) is -6.89. The molecule has 0 aromatic heterocycles. The van der Waals surface area contributed by atoms with Gasteiger partial charge in [0.2, 0.25) is 10.0 Å². The highest BCUT2D eigenvalue weighted by atomic mass is 79.9. The van der Waals surface area contributed by atoms with Gasteiger partial charge in [-0.3, -0.25) is 4.79 Å². The van der Waals surface area contributed by atoms with Gasteiger partial charge in [-0.25, -0.2) is 21.8 Å². The third-order valence-electron chi connectivity index (χ3n) is 5.63. The predicted molar refractivity (Wildman–Crippen MR) is 140 cm³/mol. The summed E-state index contributed by atoms with van der Waals surface area (Å²) in [5, 5.41) is 4.05. The predicted octanol–water partition coefficient (Wildman–Crippen LogP) is 4.96. The quantitative estimate of drug-likeness (QED) is 0.465. The highest BCUT2D eigenvalue weighted by Crippen LogP contribution is 2.37. The monoisotopic (exact) mass is 605 g/mol. The van der Waals surface area contributed by atoms with Gasteiger partial charge in [0.15, 0.2) is 5.67 Å². The van der Waals surface area contributed by atoms with Crippen molar-refractivity contribution in [1.82, 2.24) is 9.62 Å².